The second kappa shape index (κ2) is 3.51. The Balaban J connectivity index is 2.14. The predicted octanol–water partition coefficient (Wildman–Crippen LogP) is 1.27. The molecule has 0 saturated heterocycles. The highest BCUT2D eigenvalue weighted by Crippen LogP contribution is 2.30. The maximum atomic E-state index is 11.2. The molecule has 2 aliphatic heterocycles. The van der Waals surface area contributed by atoms with Gasteiger partial charge in [0.15, 0.2) is 6.17 Å². The van der Waals surface area contributed by atoms with Gasteiger partial charge in [0.25, 0.3) is 0 Å². The lowest BCUT2D eigenvalue weighted by atomic mass is 10.0. The molecule has 6 heteroatoms. The summed E-state index contributed by atoms with van der Waals surface area (Å²) in [7, 11) is 0. The molecule has 84 valence electrons. The first-order valence-corrected chi connectivity index (χ1v) is 5.11. The quantitative estimate of drug-likeness (QED) is 0.756. The zero-order chi connectivity index (χ0) is 11.8. The fourth-order valence-electron chi connectivity index (χ4n) is 1.85. The number of aliphatic imine (C=N–C) groups is 1. The van der Waals surface area contributed by atoms with Crippen LogP contribution in [0.5, 0.6) is 0 Å². The minimum atomic E-state index is -0.504. The molecule has 0 aromatic heterocycles. The van der Waals surface area contributed by atoms with Crippen LogP contribution in [0.1, 0.15) is 5.56 Å². The van der Waals surface area contributed by atoms with E-state index >= 15 is 0 Å². The molecule has 6 nitrogen and oxygen atoms in total. The average Bonchev–Trinajstić information content (AvgIpc) is 2.74. The summed E-state index contributed by atoms with van der Waals surface area (Å²) in [6.07, 6.45) is -0.504. The van der Waals surface area contributed by atoms with E-state index in [1.165, 1.54) is 0 Å². The van der Waals surface area contributed by atoms with Crippen LogP contribution < -0.4 is 11.1 Å². The molecule has 1 aromatic rings. The molecule has 1 unspecified atom stereocenters. The maximum absolute atomic E-state index is 11.2. The summed E-state index contributed by atoms with van der Waals surface area (Å²) in [5, 5.41) is 10.6. The van der Waals surface area contributed by atoms with Gasteiger partial charge in [-0.3, -0.25) is 0 Å². The molecule has 3 rings (SSSR count). The molecule has 2 heterocycles. The number of azo groups is 1. The van der Waals surface area contributed by atoms with Crippen LogP contribution in [0.4, 0.5) is 4.79 Å². The van der Waals surface area contributed by atoms with E-state index in [-0.39, 0.29) is 5.84 Å². The smallest absolute Gasteiger partial charge is 0.344 e. The largest absolute Gasteiger partial charge is 0.383 e. The second-order valence-corrected chi connectivity index (χ2v) is 3.69. The van der Waals surface area contributed by atoms with Gasteiger partial charge < -0.3 is 11.1 Å². The molecule has 0 saturated carbocycles. The summed E-state index contributed by atoms with van der Waals surface area (Å²) < 4.78 is 0. The Hall–Kier alpha value is -2.50. The SMILES string of the molecule is NC1=NC(=O)NC2N=NC(c3ccccc3)=C12. The zero-order valence-electron chi connectivity index (χ0n) is 8.79. The van der Waals surface area contributed by atoms with Crippen LogP contribution in [0.2, 0.25) is 0 Å². The monoisotopic (exact) mass is 227 g/mol. The number of urea groups is 1. The van der Waals surface area contributed by atoms with Gasteiger partial charge in [-0.15, -0.1) is 0 Å². The van der Waals surface area contributed by atoms with E-state index in [0.717, 1.165) is 5.56 Å². The van der Waals surface area contributed by atoms with Crippen molar-refractivity contribution in [3.05, 3.63) is 41.5 Å². The predicted molar refractivity (Wildman–Crippen MR) is 62.2 cm³/mol. The highest BCUT2D eigenvalue weighted by atomic mass is 16.2. The molecule has 0 bridgehead atoms. The zero-order valence-corrected chi connectivity index (χ0v) is 8.79. The summed E-state index contributed by atoms with van der Waals surface area (Å²) in [5.74, 6) is 0.183. The molecule has 2 amide bonds. The number of nitrogens with zero attached hydrogens (tertiary/aromatic N) is 3. The lowest BCUT2D eigenvalue weighted by Gasteiger charge is -2.17. The maximum Gasteiger partial charge on any atom is 0.344 e. The van der Waals surface area contributed by atoms with E-state index in [1.807, 2.05) is 30.3 Å². The van der Waals surface area contributed by atoms with Gasteiger partial charge in [0, 0.05) is 5.56 Å². The van der Waals surface area contributed by atoms with Crippen molar-refractivity contribution in [2.45, 2.75) is 6.17 Å². The van der Waals surface area contributed by atoms with Crippen LogP contribution >= 0.6 is 0 Å². The number of nitrogens with one attached hydrogen (secondary N) is 1. The molecule has 0 radical (unpaired) electrons. The summed E-state index contributed by atoms with van der Waals surface area (Å²) >= 11 is 0. The third kappa shape index (κ3) is 1.50. The molecule has 1 atom stereocenters. The fraction of sp³-hybridized carbons (Fsp3) is 0.0909. The minimum Gasteiger partial charge on any atom is -0.383 e. The number of hydrogen-bond donors (Lipinski definition) is 2. The van der Waals surface area contributed by atoms with E-state index in [0.29, 0.717) is 11.3 Å². The third-order valence-electron chi connectivity index (χ3n) is 2.61. The topological polar surface area (TPSA) is 92.2 Å². The van der Waals surface area contributed by atoms with Crippen molar-refractivity contribution >= 4 is 17.6 Å². The minimum absolute atomic E-state index is 0.183. The molecule has 3 N–H and O–H groups in total. The summed E-state index contributed by atoms with van der Waals surface area (Å²) in [4.78, 5) is 14.8. The number of carbonyl (C=O) groups is 1. The average molecular weight is 227 g/mol. The van der Waals surface area contributed by atoms with Gasteiger partial charge in [0.05, 0.1) is 5.57 Å². The van der Waals surface area contributed by atoms with E-state index < -0.39 is 12.2 Å². The van der Waals surface area contributed by atoms with Gasteiger partial charge in [0.2, 0.25) is 0 Å². The van der Waals surface area contributed by atoms with Crippen molar-refractivity contribution < 1.29 is 4.79 Å². The van der Waals surface area contributed by atoms with Gasteiger partial charge in [-0.05, 0) is 0 Å². The number of hydrogen-bond acceptors (Lipinski definition) is 4. The summed E-state index contributed by atoms with van der Waals surface area (Å²) in [6.45, 7) is 0. The van der Waals surface area contributed by atoms with Crippen LogP contribution in [0.15, 0.2) is 51.1 Å². The first-order valence-electron chi connectivity index (χ1n) is 5.11. The van der Waals surface area contributed by atoms with Crippen LogP contribution in [-0.2, 0) is 0 Å². The fourth-order valence-corrected chi connectivity index (χ4v) is 1.85. The number of amidine groups is 1. The summed E-state index contributed by atoms with van der Waals surface area (Å²) in [5.41, 5.74) is 7.98. The first kappa shape index (κ1) is 9.71. The second-order valence-electron chi connectivity index (χ2n) is 3.69. The molecule has 1 aromatic carbocycles. The number of nitrogens with two attached hydrogens (primary N) is 1. The highest BCUT2D eigenvalue weighted by Gasteiger charge is 2.32. The van der Waals surface area contributed by atoms with Crippen molar-refractivity contribution in [1.82, 2.24) is 5.32 Å². The normalized spacial score (nSPS) is 22.2. The Morgan fingerprint density at radius 2 is 2.00 bits per heavy atom. The van der Waals surface area contributed by atoms with E-state index in [4.69, 9.17) is 5.73 Å². The number of amides is 2. The van der Waals surface area contributed by atoms with Crippen LogP contribution in [0.3, 0.4) is 0 Å². The van der Waals surface area contributed by atoms with Crippen LogP contribution in [-0.4, -0.2) is 18.0 Å². The Morgan fingerprint density at radius 3 is 2.76 bits per heavy atom. The lowest BCUT2D eigenvalue weighted by molar-refractivity contribution is 0.246. The van der Waals surface area contributed by atoms with E-state index in [2.05, 4.69) is 20.5 Å². The highest BCUT2D eigenvalue weighted by molar-refractivity contribution is 6.12. The first-order chi connectivity index (χ1) is 8.25. The van der Waals surface area contributed by atoms with Gasteiger partial charge in [-0.1, -0.05) is 30.3 Å². The van der Waals surface area contributed by atoms with E-state index in [9.17, 15) is 4.79 Å². The van der Waals surface area contributed by atoms with Crippen LogP contribution in [0.25, 0.3) is 5.70 Å². The van der Waals surface area contributed by atoms with Crippen molar-refractivity contribution in [2.75, 3.05) is 0 Å². The summed E-state index contributed by atoms with van der Waals surface area (Å²) in [6, 6.07) is 9.06. The number of fused-ring (bicyclic) bond motifs is 1. The van der Waals surface area contributed by atoms with E-state index in [1.54, 1.807) is 0 Å². The number of carbonyl (C=O) groups excluding carboxylic acids is 1. The Morgan fingerprint density at radius 1 is 1.24 bits per heavy atom. The third-order valence-corrected chi connectivity index (χ3v) is 2.61. The Kier molecular flexibility index (Phi) is 2.01. The van der Waals surface area contributed by atoms with Crippen LogP contribution in [0, 0.1) is 0 Å². The molecular formula is C11H9N5O. The van der Waals surface area contributed by atoms with Crippen molar-refractivity contribution in [2.24, 2.45) is 21.0 Å². The molecule has 0 fully saturated rings. The van der Waals surface area contributed by atoms with Gasteiger partial charge in [-0.25, -0.2) is 4.79 Å². The molecule has 0 spiro atoms. The Bertz CT molecular complexity index is 573. The number of benzene rings is 1. The lowest BCUT2D eigenvalue weighted by Crippen LogP contribution is -2.42. The van der Waals surface area contributed by atoms with Crippen molar-refractivity contribution in [3.8, 4) is 0 Å². The molecular weight excluding hydrogens is 218 g/mol. The standard InChI is InChI=1S/C11H9N5O/c12-9-7-8(6-4-2-1-3-5-6)15-16-10(7)14-11(17)13-9/h1-5,10H,(H3,12,13,14,17). The molecule has 17 heavy (non-hydrogen) atoms. The Labute approximate surface area is 96.9 Å². The molecule has 0 aliphatic carbocycles. The van der Waals surface area contributed by atoms with Gasteiger partial charge >= 0.3 is 6.03 Å². The van der Waals surface area contributed by atoms with Crippen molar-refractivity contribution in [3.63, 3.8) is 0 Å². The van der Waals surface area contributed by atoms with Gasteiger partial charge in [-0.2, -0.15) is 15.2 Å². The van der Waals surface area contributed by atoms with Gasteiger partial charge in [0.1, 0.15) is 11.5 Å². The number of rotatable bonds is 1. The molecule has 2 aliphatic rings. The van der Waals surface area contributed by atoms with Crippen molar-refractivity contribution in [1.29, 1.82) is 0 Å².